The van der Waals surface area contributed by atoms with Crippen LogP contribution in [0.15, 0.2) is 59.6 Å². The van der Waals surface area contributed by atoms with Crippen LogP contribution in [0.3, 0.4) is 0 Å². The highest BCUT2D eigenvalue weighted by atomic mass is 32.2. The molecule has 7 heteroatoms. The topological polar surface area (TPSA) is 61.4 Å². The summed E-state index contributed by atoms with van der Waals surface area (Å²) in [5.41, 5.74) is 6.07. The first kappa shape index (κ1) is 25.0. The third-order valence-electron chi connectivity index (χ3n) is 6.34. The minimum atomic E-state index is -0.0373. The molecule has 0 saturated carbocycles. The number of aryl methyl sites for hydroxylation is 3. The minimum Gasteiger partial charge on any atom is -0.368 e. The van der Waals surface area contributed by atoms with Crippen molar-refractivity contribution in [3.8, 4) is 0 Å². The number of piperazine rings is 1. The molecule has 1 aliphatic heterocycles. The Hall–Kier alpha value is -3.06. The molecule has 184 valence electrons. The molecule has 2 heterocycles. The highest BCUT2D eigenvalue weighted by Crippen LogP contribution is 2.24. The fraction of sp³-hybridized carbons (Fsp3) is 0.393. The molecule has 1 aliphatic rings. The van der Waals surface area contributed by atoms with Gasteiger partial charge < -0.3 is 15.1 Å². The van der Waals surface area contributed by atoms with Crippen molar-refractivity contribution in [2.75, 3.05) is 47.0 Å². The molecule has 6 nitrogen and oxygen atoms in total. The number of nitrogens with one attached hydrogen (secondary N) is 1. The highest BCUT2D eigenvalue weighted by molar-refractivity contribution is 7.99. The number of carbonyl (C=O) groups excluding carboxylic acids is 1. The lowest BCUT2D eigenvalue weighted by Gasteiger charge is -2.37. The summed E-state index contributed by atoms with van der Waals surface area (Å²) in [6.07, 6.45) is 3.45. The minimum absolute atomic E-state index is 0.0373. The smallest absolute Gasteiger partial charge is 0.234 e. The Labute approximate surface area is 213 Å². The lowest BCUT2D eigenvalue weighted by atomic mass is 10.1. The maximum atomic E-state index is 12.4. The number of unbranched alkanes of at least 4 members (excludes halogenated alkanes) is 1. The van der Waals surface area contributed by atoms with Gasteiger partial charge in [-0.25, -0.2) is 0 Å². The maximum Gasteiger partial charge on any atom is 0.234 e. The van der Waals surface area contributed by atoms with E-state index in [-0.39, 0.29) is 5.91 Å². The van der Waals surface area contributed by atoms with E-state index in [1.807, 2.05) is 24.3 Å². The average molecular weight is 490 g/mol. The van der Waals surface area contributed by atoms with Crippen LogP contribution in [0.2, 0.25) is 0 Å². The van der Waals surface area contributed by atoms with E-state index in [0.29, 0.717) is 5.75 Å². The van der Waals surface area contributed by atoms with Gasteiger partial charge in [0.25, 0.3) is 0 Å². The third kappa shape index (κ3) is 6.98. The second-order valence-corrected chi connectivity index (χ2v) is 10.1. The summed E-state index contributed by atoms with van der Waals surface area (Å²) in [6.45, 7) is 10.3. The van der Waals surface area contributed by atoms with Crippen LogP contribution in [0.1, 0.15) is 36.5 Å². The van der Waals surface area contributed by atoms with Crippen LogP contribution in [0.5, 0.6) is 0 Å². The van der Waals surface area contributed by atoms with Gasteiger partial charge in [0.2, 0.25) is 5.91 Å². The van der Waals surface area contributed by atoms with Crippen molar-refractivity contribution < 1.29 is 4.79 Å². The van der Waals surface area contributed by atoms with Crippen molar-refractivity contribution >= 4 is 34.9 Å². The molecule has 4 rings (SSSR count). The van der Waals surface area contributed by atoms with Crippen molar-refractivity contribution in [3.63, 3.8) is 0 Å². The number of aromatic nitrogens is 2. The monoisotopic (exact) mass is 489 g/mol. The molecule has 1 saturated heterocycles. The molecule has 1 N–H and O–H groups in total. The van der Waals surface area contributed by atoms with Crippen molar-refractivity contribution in [3.05, 3.63) is 71.3 Å². The van der Waals surface area contributed by atoms with Gasteiger partial charge in [0.1, 0.15) is 5.03 Å². The Bertz CT molecular complexity index is 1110. The van der Waals surface area contributed by atoms with E-state index in [0.717, 1.165) is 49.1 Å². The molecule has 3 aromatic rings. The lowest BCUT2D eigenvalue weighted by molar-refractivity contribution is -0.113. The van der Waals surface area contributed by atoms with E-state index >= 15 is 0 Å². The van der Waals surface area contributed by atoms with E-state index in [2.05, 4.69) is 76.4 Å². The summed E-state index contributed by atoms with van der Waals surface area (Å²) < 4.78 is 0. The first-order valence-electron chi connectivity index (χ1n) is 12.4. The van der Waals surface area contributed by atoms with Gasteiger partial charge in [-0.05, 0) is 73.7 Å². The fourth-order valence-electron chi connectivity index (χ4n) is 4.27. The summed E-state index contributed by atoms with van der Waals surface area (Å²) in [4.78, 5) is 17.1. The van der Waals surface area contributed by atoms with Gasteiger partial charge in [-0.1, -0.05) is 49.4 Å². The largest absolute Gasteiger partial charge is 0.368 e. The lowest BCUT2D eigenvalue weighted by Crippen LogP contribution is -2.47. The van der Waals surface area contributed by atoms with E-state index < -0.39 is 0 Å². The van der Waals surface area contributed by atoms with Gasteiger partial charge in [0.05, 0.1) is 5.75 Å². The Morgan fingerprint density at radius 2 is 1.69 bits per heavy atom. The first-order chi connectivity index (χ1) is 17.0. The van der Waals surface area contributed by atoms with Crippen LogP contribution < -0.4 is 15.1 Å². The van der Waals surface area contributed by atoms with E-state index in [4.69, 9.17) is 0 Å². The number of thioether (sulfide) groups is 1. The molecule has 0 aliphatic carbocycles. The van der Waals surface area contributed by atoms with Crippen LogP contribution in [-0.4, -0.2) is 48.0 Å². The molecule has 1 amide bonds. The van der Waals surface area contributed by atoms with Gasteiger partial charge in [0.15, 0.2) is 5.82 Å². The number of hydrogen-bond donors (Lipinski definition) is 1. The SMILES string of the molecule is CCCCc1ccc(NC(=O)CSc2ccc(N3CCN(c4cc(C)ccc4C)CC3)nn2)cc1. The van der Waals surface area contributed by atoms with Crippen molar-refractivity contribution in [2.24, 2.45) is 0 Å². The second-order valence-electron chi connectivity index (χ2n) is 9.13. The Balaban J connectivity index is 1.23. The number of nitrogens with zero attached hydrogens (tertiary/aromatic N) is 4. The van der Waals surface area contributed by atoms with Crippen LogP contribution in [0, 0.1) is 13.8 Å². The number of anilines is 3. The zero-order chi connectivity index (χ0) is 24.6. The van der Waals surface area contributed by atoms with Crippen LogP contribution in [-0.2, 0) is 11.2 Å². The van der Waals surface area contributed by atoms with Crippen molar-refractivity contribution in [1.82, 2.24) is 10.2 Å². The fourth-order valence-corrected chi connectivity index (χ4v) is 4.88. The van der Waals surface area contributed by atoms with Gasteiger partial charge in [-0.15, -0.1) is 10.2 Å². The van der Waals surface area contributed by atoms with Gasteiger partial charge in [-0.2, -0.15) is 0 Å². The van der Waals surface area contributed by atoms with Gasteiger partial charge in [0, 0.05) is 37.6 Å². The number of rotatable bonds is 9. The maximum absolute atomic E-state index is 12.4. The predicted octanol–water partition coefficient (Wildman–Crippen LogP) is 5.49. The molecular formula is C28H35N5OS. The molecule has 1 aromatic heterocycles. The molecule has 0 spiro atoms. The van der Waals surface area contributed by atoms with Gasteiger partial charge in [-0.3, -0.25) is 4.79 Å². The van der Waals surface area contributed by atoms with Crippen molar-refractivity contribution in [2.45, 2.75) is 45.1 Å². The van der Waals surface area contributed by atoms with E-state index in [1.54, 1.807) is 0 Å². The summed E-state index contributed by atoms with van der Waals surface area (Å²) in [5.74, 6) is 1.16. The molecular weight excluding hydrogens is 454 g/mol. The molecule has 1 fully saturated rings. The third-order valence-corrected chi connectivity index (χ3v) is 7.26. The summed E-state index contributed by atoms with van der Waals surface area (Å²) in [5, 5.41) is 12.5. The number of hydrogen-bond acceptors (Lipinski definition) is 6. The number of carbonyl (C=O) groups is 1. The standard InChI is InChI=1S/C28H35N5OS/c1-4-5-6-23-9-11-24(12-10-23)29-27(34)20-35-28-14-13-26(30-31-28)33-17-15-32(16-18-33)25-19-21(2)7-8-22(25)3/h7-14,19H,4-6,15-18,20H2,1-3H3,(H,29,34). The van der Waals surface area contributed by atoms with Crippen LogP contribution >= 0.6 is 11.8 Å². The average Bonchev–Trinajstić information content (AvgIpc) is 2.89. The summed E-state index contributed by atoms with van der Waals surface area (Å²) >= 11 is 1.41. The molecule has 2 aromatic carbocycles. The predicted molar refractivity (Wildman–Crippen MR) is 147 cm³/mol. The van der Waals surface area contributed by atoms with E-state index in [9.17, 15) is 4.79 Å². The highest BCUT2D eigenvalue weighted by Gasteiger charge is 2.20. The normalized spacial score (nSPS) is 13.7. The molecule has 0 bridgehead atoms. The Morgan fingerprint density at radius 1 is 0.943 bits per heavy atom. The quantitative estimate of drug-likeness (QED) is 0.401. The first-order valence-corrected chi connectivity index (χ1v) is 13.4. The Kier molecular flexibility index (Phi) is 8.64. The Morgan fingerprint density at radius 3 is 2.37 bits per heavy atom. The molecule has 0 unspecified atom stereocenters. The van der Waals surface area contributed by atoms with E-state index in [1.165, 1.54) is 47.0 Å². The molecule has 0 radical (unpaired) electrons. The van der Waals surface area contributed by atoms with Crippen molar-refractivity contribution in [1.29, 1.82) is 0 Å². The summed E-state index contributed by atoms with van der Waals surface area (Å²) in [6, 6.07) is 18.7. The van der Waals surface area contributed by atoms with Crippen LogP contribution in [0.4, 0.5) is 17.2 Å². The zero-order valence-corrected chi connectivity index (χ0v) is 21.8. The summed E-state index contributed by atoms with van der Waals surface area (Å²) in [7, 11) is 0. The molecule has 35 heavy (non-hydrogen) atoms. The molecule has 0 atom stereocenters. The zero-order valence-electron chi connectivity index (χ0n) is 21.0. The number of benzene rings is 2. The number of amides is 1. The van der Waals surface area contributed by atoms with Gasteiger partial charge >= 0.3 is 0 Å². The second kappa shape index (κ2) is 12.1. The van der Waals surface area contributed by atoms with Crippen LogP contribution in [0.25, 0.3) is 0 Å².